The number of rotatable bonds is 5. The summed E-state index contributed by atoms with van der Waals surface area (Å²) >= 11 is 1.67. The second kappa shape index (κ2) is 6.13. The van der Waals surface area contributed by atoms with Crippen LogP contribution in [-0.4, -0.2) is 35.0 Å². The van der Waals surface area contributed by atoms with Crippen molar-refractivity contribution in [2.45, 2.75) is 32.2 Å². The normalized spacial score (nSPS) is 26.4. The fourth-order valence-corrected chi connectivity index (χ4v) is 2.79. The molecule has 4 nitrogen and oxygen atoms in total. The largest absolute Gasteiger partial charge is 0.481 e. The molecule has 1 amide bonds. The van der Waals surface area contributed by atoms with Crippen molar-refractivity contribution in [3.8, 4) is 0 Å². The summed E-state index contributed by atoms with van der Waals surface area (Å²) in [5.41, 5.74) is 0. The maximum Gasteiger partial charge on any atom is 0.307 e. The number of hydrogen-bond acceptors (Lipinski definition) is 3. The van der Waals surface area contributed by atoms with E-state index in [1.807, 2.05) is 13.2 Å². The van der Waals surface area contributed by atoms with Crippen molar-refractivity contribution in [2.24, 2.45) is 11.8 Å². The summed E-state index contributed by atoms with van der Waals surface area (Å²) < 4.78 is 0. The molecular formula is C11H19NO3S. The molecule has 0 spiro atoms. The maximum atomic E-state index is 11.9. The van der Waals surface area contributed by atoms with Gasteiger partial charge in [-0.3, -0.25) is 9.59 Å². The van der Waals surface area contributed by atoms with Gasteiger partial charge >= 0.3 is 5.97 Å². The Bertz CT molecular complexity index is 270. The summed E-state index contributed by atoms with van der Waals surface area (Å²) in [5.74, 6) is -0.888. The fourth-order valence-electron chi connectivity index (χ4n) is 2.21. The van der Waals surface area contributed by atoms with Crippen LogP contribution in [0.4, 0.5) is 0 Å². The van der Waals surface area contributed by atoms with Crippen molar-refractivity contribution in [3.63, 3.8) is 0 Å². The van der Waals surface area contributed by atoms with Gasteiger partial charge in [-0.05, 0) is 26.0 Å². The SMILES string of the molecule is CSCC(C)NC(=O)[C@@H]1CCC[C@@H]1C(=O)O. The Morgan fingerprint density at radius 2 is 2.06 bits per heavy atom. The van der Waals surface area contributed by atoms with E-state index < -0.39 is 11.9 Å². The molecule has 1 saturated carbocycles. The zero-order valence-electron chi connectivity index (χ0n) is 9.73. The Morgan fingerprint density at radius 3 is 2.62 bits per heavy atom. The van der Waals surface area contributed by atoms with Gasteiger partial charge in [0.25, 0.3) is 0 Å². The second-order valence-corrected chi connectivity index (χ2v) is 5.26. The highest BCUT2D eigenvalue weighted by molar-refractivity contribution is 7.98. The Hall–Kier alpha value is -0.710. The first-order valence-corrected chi connectivity index (χ1v) is 6.97. The van der Waals surface area contributed by atoms with Gasteiger partial charge in [-0.1, -0.05) is 6.42 Å². The molecule has 92 valence electrons. The van der Waals surface area contributed by atoms with E-state index in [2.05, 4.69) is 5.32 Å². The van der Waals surface area contributed by atoms with Gasteiger partial charge in [0.15, 0.2) is 0 Å². The molecular weight excluding hydrogens is 226 g/mol. The molecule has 16 heavy (non-hydrogen) atoms. The summed E-state index contributed by atoms with van der Waals surface area (Å²) in [6.45, 7) is 1.94. The van der Waals surface area contributed by atoms with E-state index in [9.17, 15) is 9.59 Å². The van der Waals surface area contributed by atoms with Crippen molar-refractivity contribution >= 4 is 23.6 Å². The lowest BCUT2D eigenvalue weighted by Crippen LogP contribution is -2.41. The van der Waals surface area contributed by atoms with Crippen LogP contribution in [0.25, 0.3) is 0 Å². The van der Waals surface area contributed by atoms with E-state index >= 15 is 0 Å². The molecule has 0 heterocycles. The molecule has 2 N–H and O–H groups in total. The number of carboxylic acids is 1. The summed E-state index contributed by atoms with van der Waals surface area (Å²) in [4.78, 5) is 22.8. The van der Waals surface area contributed by atoms with Crippen LogP contribution in [-0.2, 0) is 9.59 Å². The van der Waals surface area contributed by atoms with Crippen molar-refractivity contribution < 1.29 is 14.7 Å². The highest BCUT2D eigenvalue weighted by Crippen LogP contribution is 2.32. The summed E-state index contributed by atoms with van der Waals surface area (Å²) in [5, 5.41) is 11.9. The third-order valence-corrected chi connectivity index (χ3v) is 3.81. The van der Waals surface area contributed by atoms with Crippen molar-refractivity contribution in [2.75, 3.05) is 12.0 Å². The van der Waals surface area contributed by atoms with Crippen LogP contribution >= 0.6 is 11.8 Å². The zero-order valence-corrected chi connectivity index (χ0v) is 10.5. The molecule has 0 aliphatic heterocycles. The Labute approximate surface area is 100 Å². The molecule has 0 aromatic rings. The molecule has 1 aliphatic rings. The van der Waals surface area contributed by atoms with Crippen molar-refractivity contribution in [1.82, 2.24) is 5.32 Å². The number of nitrogens with one attached hydrogen (secondary N) is 1. The van der Waals surface area contributed by atoms with Crippen LogP contribution in [0.2, 0.25) is 0 Å². The summed E-state index contributed by atoms with van der Waals surface area (Å²) in [6, 6.07) is 0.109. The van der Waals surface area contributed by atoms with E-state index in [0.717, 1.165) is 12.2 Å². The first kappa shape index (κ1) is 13.4. The lowest BCUT2D eigenvalue weighted by Gasteiger charge is -2.19. The molecule has 0 radical (unpaired) electrons. The van der Waals surface area contributed by atoms with Crippen LogP contribution in [0.3, 0.4) is 0 Å². The number of carbonyl (C=O) groups is 2. The lowest BCUT2D eigenvalue weighted by molar-refractivity contribution is -0.146. The van der Waals surface area contributed by atoms with E-state index in [4.69, 9.17) is 5.11 Å². The number of carboxylic acid groups (broad SMARTS) is 1. The average Bonchev–Trinajstić information content (AvgIpc) is 2.65. The smallest absolute Gasteiger partial charge is 0.307 e. The molecule has 1 aliphatic carbocycles. The van der Waals surface area contributed by atoms with E-state index in [1.165, 1.54) is 0 Å². The van der Waals surface area contributed by atoms with Gasteiger partial charge < -0.3 is 10.4 Å². The standard InChI is InChI=1S/C11H19NO3S/c1-7(6-16-2)12-10(13)8-4-3-5-9(8)11(14)15/h7-9H,3-6H2,1-2H3,(H,12,13)(H,14,15)/t7?,8-,9+/m1/s1. The van der Waals surface area contributed by atoms with Gasteiger partial charge in [0.05, 0.1) is 11.8 Å². The number of hydrogen-bond donors (Lipinski definition) is 2. The first-order valence-electron chi connectivity index (χ1n) is 5.58. The van der Waals surface area contributed by atoms with Gasteiger partial charge in [-0.25, -0.2) is 0 Å². The second-order valence-electron chi connectivity index (χ2n) is 4.35. The lowest BCUT2D eigenvalue weighted by atomic mass is 9.95. The van der Waals surface area contributed by atoms with Crippen LogP contribution in [0.1, 0.15) is 26.2 Å². The highest BCUT2D eigenvalue weighted by Gasteiger charge is 2.37. The number of carbonyl (C=O) groups excluding carboxylic acids is 1. The van der Waals surface area contributed by atoms with Crippen LogP contribution in [0, 0.1) is 11.8 Å². The third-order valence-electron chi connectivity index (χ3n) is 2.98. The van der Waals surface area contributed by atoms with Crippen molar-refractivity contribution in [1.29, 1.82) is 0 Å². The minimum absolute atomic E-state index is 0.0912. The molecule has 1 fully saturated rings. The highest BCUT2D eigenvalue weighted by atomic mass is 32.2. The first-order chi connectivity index (χ1) is 7.56. The molecule has 0 aromatic carbocycles. The van der Waals surface area contributed by atoms with E-state index in [-0.39, 0.29) is 17.9 Å². The molecule has 0 saturated heterocycles. The Kier molecular flexibility index (Phi) is 5.12. The Morgan fingerprint density at radius 1 is 1.44 bits per heavy atom. The number of thioether (sulfide) groups is 1. The predicted octanol–water partition coefficient (Wildman–Crippen LogP) is 1.36. The predicted molar refractivity (Wildman–Crippen MR) is 64.5 cm³/mol. The average molecular weight is 245 g/mol. The summed E-state index contributed by atoms with van der Waals surface area (Å²) in [6.07, 6.45) is 4.16. The van der Waals surface area contributed by atoms with Gasteiger partial charge in [-0.2, -0.15) is 11.8 Å². The van der Waals surface area contributed by atoms with Gasteiger partial charge in [0.2, 0.25) is 5.91 Å². The number of amides is 1. The molecule has 3 atom stereocenters. The minimum atomic E-state index is -0.838. The Balaban J connectivity index is 2.49. The quantitative estimate of drug-likeness (QED) is 0.767. The van der Waals surface area contributed by atoms with Gasteiger partial charge in [0, 0.05) is 11.8 Å². The molecule has 1 rings (SSSR count). The zero-order chi connectivity index (χ0) is 12.1. The van der Waals surface area contributed by atoms with E-state index in [1.54, 1.807) is 11.8 Å². The van der Waals surface area contributed by atoms with Gasteiger partial charge in [-0.15, -0.1) is 0 Å². The van der Waals surface area contributed by atoms with Crippen molar-refractivity contribution in [3.05, 3.63) is 0 Å². The third kappa shape index (κ3) is 3.40. The minimum Gasteiger partial charge on any atom is -0.481 e. The fraction of sp³-hybridized carbons (Fsp3) is 0.818. The molecule has 1 unspecified atom stereocenters. The van der Waals surface area contributed by atoms with Crippen LogP contribution < -0.4 is 5.32 Å². The van der Waals surface area contributed by atoms with Crippen LogP contribution in [0.5, 0.6) is 0 Å². The van der Waals surface area contributed by atoms with E-state index in [0.29, 0.717) is 12.8 Å². The molecule has 0 bridgehead atoms. The maximum absolute atomic E-state index is 11.9. The topological polar surface area (TPSA) is 66.4 Å². The van der Waals surface area contributed by atoms with Gasteiger partial charge in [0.1, 0.15) is 0 Å². The van der Waals surface area contributed by atoms with Crippen LogP contribution in [0.15, 0.2) is 0 Å². The summed E-state index contributed by atoms with van der Waals surface area (Å²) in [7, 11) is 0. The molecule has 0 aromatic heterocycles. The number of aliphatic carboxylic acids is 1. The molecule has 5 heteroatoms. The monoisotopic (exact) mass is 245 g/mol.